The van der Waals surface area contributed by atoms with Gasteiger partial charge in [0.25, 0.3) is 0 Å². The van der Waals surface area contributed by atoms with Crippen molar-refractivity contribution in [2.24, 2.45) is 0 Å². The molecular formula is C23H26FN3O4S. The number of halogens is 1. The number of amides is 1. The molecule has 0 saturated carbocycles. The number of carbonyl (C=O) groups excluding carboxylic acids is 1. The van der Waals surface area contributed by atoms with Crippen molar-refractivity contribution in [3.05, 3.63) is 72.0 Å². The second kappa shape index (κ2) is 10.1. The molecule has 0 bridgehead atoms. The minimum absolute atomic E-state index is 0.148. The Balaban J connectivity index is 1.51. The number of oxazole rings is 1. The van der Waals surface area contributed by atoms with Crippen LogP contribution in [0.2, 0.25) is 0 Å². The van der Waals surface area contributed by atoms with Crippen molar-refractivity contribution in [1.29, 1.82) is 0 Å². The molecule has 7 nitrogen and oxygen atoms in total. The molecule has 0 unspecified atom stereocenters. The van der Waals surface area contributed by atoms with E-state index in [4.69, 9.17) is 4.42 Å². The lowest BCUT2D eigenvalue weighted by Gasteiger charge is -2.21. The van der Waals surface area contributed by atoms with Crippen LogP contribution in [-0.2, 0) is 27.8 Å². The molecule has 0 aliphatic rings. The Hall–Kier alpha value is -3.04. The number of nitrogens with zero attached hydrogens (tertiary/aromatic N) is 2. The van der Waals surface area contributed by atoms with Crippen molar-refractivity contribution < 1.29 is 22.0 Å². The molecule has 0 radical (unpaired) electrons. The zero-order valence-electron chi connectivity index (χ0n) is 18.2. The lowest BCUT2D eigenvalue weighted by molar-refractivity contribution is -0.121. The summed E-state index contributed by atoms with van der Waals surface area (Å²) in [6.07, 6.45) is 1.87. The van der Waals surface area contributed by atoms with Crippen molar-refractivity contribution in [3.63, 3.8) is 0 Å². The average molecular weight is 460 g/mol. The van der Waals surface area contributed by atoms with Crippen LogP contribution >= 0.6 is 0 Å². The monoisotopic (exact) mass is 459 g/mol. The Morgan fingerprint density at radius 1 is 1.16 bits per heavy atom. The summed E-state index contributed by atoms with van der Waals surface area (Å²) >= 11 is 0. The van der Waals surface area contributed by atoms with Crippen LogP contribution in [0.15, 0.2) is 64.0 Å². The van der Waals surface area contributed by atoms with Gasteiger partial charge in [-0.15, -0.1) is 0 Å². The van der Waals surface area contributed by atoms with Crippen LogP contribution in [0, 0.1) is 5.82 Å². The molecule has 0 aliphatic carbocycles. The van der Waals surface area contributed by atoms with Gasteiger partial charge in [0.2, 0.25) is 15.9 Å². The van der Waals surface area contributed by atoms with E-state index in [0.717, 1.165) is 5.56 Å². The zero-order valence-corrected chi connectivity index (χ0v) is 19.0. The molecule has 0 spiro atoms. The van der Waals surface area contributed by atoms with E-state index >= 15 is 0 Å². The van der Waals surface area contributed by atoms with Gasteiger partial charge in [-0.05, 0) is 43.7 Å². The van der Waals surface area contributed by atoms with E-state index in [0.29, 0.717) is 17.2 Å². The third-order valence-corrected chi connectivity index (χ3v) is 7.12. The number of aromatic nitrogens is 1. The quantitative estimate of drug-likeness (QED) is 0.526. The number of sulfonamides is 1. The molecule has 1 N–H and O–H groups in total. The van der Waals surface area contributed by atoms with E-state index in [1.165, 1.54) is 28.7 Å². The smallest absolute Gasteiger partial charge is 0.243 e. The molecule has 170 valence electrons. The fraction of sp³-hybridized carbons (Fsp3) is 0.304. The Morgan fingerprint density at radius 2 is 1.84 bits per heavy atom. The van der Waals surface area contributed by atoms with Gasteiger partial charge in [0.1, 0.15) is 5.82 Å². The van der Waals surface area contributed by atoms with Gasteiger partial charge in [0.15, 0.2) is 11.7 Å². The van der Waals surface area contributed by atoms with E-state index in [1.807, 2.05) is 0 Å². The van der Waals surface area contributed by atoms with Gasteiger partial charge in [0, 0.05) is 32.5 Å². The van der Waals surface area contributed by atoms with E-state index in [1.54, 1.807) is 51.2 Å². The molecule has 9 heteroatoms. The second-order valence-corrected chi connectivity index (χ2v) is 9.63. The SMILES string of the molecule is CC(C)N(C)S(=O)(=O)c1ccc(CNC(=O)CCc2ncc(-c3ccccc3F)o2)cc1. The predicted octanol–water partition coefficient (Wildman–Crippen LogP) is 3.76. The van der Waals surface area contributed by atoms with E-state index in [9.17, 15) is 17.6 Å². The highest BCUT2D eigenvalue weighted by Gasteiger charge is 2.22. The van der Waals surface area contributed by atoms with Gasteiger partial charge >= 0.3 is 0 Å². The maximum atomic E-state index is 13.8. The molecule has 0 saturated heterocycles. The maximum Gasteiger partial charge on any atom is 0.243 e. The van der Waals surface area contributed by atoms with Crippen molar-refractivity contribution in [3.8, 4) is 11.3 Å². The van der Waals surface area contributed by atoms with Crippen molar-refractivity contribution in [2.45, 2.75) is 44.2 Å². The zero-order chi connectivity index (χ0) is 23.3. The molecule has 1 amide bonds. The third kappa shape index (κ3) is 5.60. The first-order valence-electron chi connectivity index (χ1n) is 10.2. The van der Waals surface area contributed by atoms with Gasteiger partial charge in [-0.2, -0.15) is 4.31 Å². The molecule has 3 rings (SSSR count). The number of nitrogens with one attached hydrogen (secondary N) is 1. The minimum atomic E-state index is -3.54. The molecule has 0 fully saturated rings. The summed E-state index contributed by atoms with van der Waals surface area (Å²) in [6, 6.07) is 12.5. The summed E-state index contributed by atoms with van der Waals surface area (Å²) in [6.45, 7) is 3.88. The summed E-state index contributed by atoms with van der Waals surface area (Å²) in [5.41, 5.74) is 1.10. The first kappa shape index (κ1) is 23.6. The average Bonchev–Trinajstić information content (AvgIpc) is 3.25. The van der Waals surface area contributed by atoms with Crippen LogP contribution in [0.4, 0.5) is 4.39 Å². The third-order valence-electron chi connectivity index (χ3n) is 5.08. The van der Waals surface area contributed by atoms with Crippen LogP contribution in [0.1, 0.15) is 31.7 Å². The van der Waals surface area contributed by atoms with Gasteiger partial charge in [-0.25, -0.2) is 17.8 Å². The van der Waals surface area contributed by atoms with Gasteiger partial charge in [-0.3, -0.25) is 4.79 Å². The maximum absolute atomic E-state index is 13.8. The molecule has 1 aromatic heterocycles. The highest BCUT2D eigenvalue weighted by atomic mass is 32.2. The van der Waals surface area contributed by atoms with E-state index in [-0.39, 0.29) is 36.2 Å². The van der Waals surface area contributed by atoms with Crippen molar-refractivity contribution in [1.82, 2.24) is 14.6 Å². The van der Waals surface area contributed by atoms with E-state index in [2.05, 4.69) is 10.3 Å². The molecular weight excluding hydrogens is 433 g/mol. The summed E-state index contributed by atoms with van der Waals surface area (Å²) in [5, 5.41) is 2.79. The van der Waals surface area contributed by atoms with Crippen LogP contribution < -0.4 is 5.32 Å². The molecule has 3 aromatic rings. The topological polar surface area (TPSA) is 92.5 Å². The van der Waals surface area contributed by atoms with Crippen molar-refractivity contribution >= 4 is 15.9 Å². The van der Waals surface area contributed by atoms with Crippen LogP contribution in [0.5, 0.6) is 0 Å². The highest BCUT2D eigenvalue weighted by Crippen LogP contribution is 2.23. The number of benzene rings is 2. The summed E-state index contributed by atoms with van der Waals surface area (Å²) in [7, 11) is -2.00. The van der Waals surface area contributed by atoms with Crippen LogP contribution in [0.3, 0.4) is 0 Å². The largest absolute Gasteiger partial charge is 0.441 e. The van der Waals surface area contributed by atoms with Crippen LogP contribution in [-0.4, -0.2) is 36.7 Å². The Morgan fingerprint density at radius 3 is 2.50 bits per heavy atom. The second-order valence-electron chi connectivity index (χ2n) is 7.63. The fourth-order valence-electron chi connectivity index (χ4n) is 2.94. The van der Waals surface area contributed by atoms with Gasteiger partial charge in [-0.1, -0.05) is 24.3 Å². The number of hydrogen-bond donors (Lipinski definition) is 1. The molecule has 2 aromatic carbocycles. The van der Waals surface area contributed by atoms with Gasteiger partial charge in [0.05, 0.1) is 16.7 Å². The Bertz CT molecular complexity index is 1170. The predicted molar refractivity (Wildman–Crippen MR) is 119 cm³/mol. The standard InChI is InChI=1S/C23H26FN3O4S/c1-16(2)27(3)32(29,30)18-10-8-17(9-11-18)14-25-22(28)12-13-23-26-15-21(31-23)19-6-4-5-7-20(19)24/h4-11,15-16H,12-14H2,1-3H3,(H,25,28). The number of hydrogen-bond acceptors (Lipinski definition) is 5. The molecule has 0 atom stereocenters. The minimum Gasteiger partial charge on any atom is -0.441 e. The molecule has 1 heterocycles. The summed E-state index contributed by atoms with van der Waals surface area (Å²) < 4.78 is 45.7. The lowest BCUT2D eigenvalue weighted by Crippen LogP contribution is -2.33. The normalized spacial score (nSPS) is 11.8. The fourth-order valence-corrected chi connectivity index (χ4v) is 4.31. The van der Waals surface area contributed by atoms with Crippen LogP contribution in [0.25, 0.3) is 11.3 Å². The molecule has 32 heavy (non-hydrogen) atoms. The first-order valence-corrected chi connectivity index (χ1v) is 11.7. The van der Waals surface area contributed by atoms with Crippen molar-refractivity contribution in [2.75, 3.05) is 7.05 Å². The van der Waals surface area contributed by atoms with Gasteiger partial charge < -0.3 is 9.73 Å². The van der Waals surface area contributed by atoms with E-state index < -0.39 is 15.8 Å². The first-order chi connectivity index (χ1) is 15.2. The molecule has 0 aliphatic heterocycles. The number of rotatable bonds is 9. The summed E-state index contributed by atoms with van der Waals surface area (Å²) in [5.74, 6) is 0.0633. The Kier molecular flexibility index (Phi) is 7.42. The summed E-state index contributed by atoms with van der Waals surface area (Å²) in [4.78, 5) is 16.5. The Labute approximate surface area is 187 Å². The lowest BCUT2D eigenvalue weighted by atomic mass is 10.2. The highest BCUT2D eigenvalue weighted by molar-refractivity contribution is 7.89. The number of aryl methyl sites for hydroxylation is 1. The number of carbonyl (C=O) groups is 1.